The van der Waals surface area contributed by atoms with Gasteiger partial charge in [-0.2, -0.15) is 0 Å². The van der Waals surface area contributed by atoms with Gasteiger partial charge in [-0.3, -0.25) is 0 Å². The van der Waals surface area contributed by atoms with Crippen LogP contribution in [0.4, 0.5) is 5.00 Å². The van der Waals surface area contributed by atoms with Crippen molar-refractivity contribution >= 4 is 45.0 Å². The van der Waals surface area contributed by atoms with Crippen LogP contribution in [0.15, 0.2) is 23.1 Å². The zero-order valence-electron chi connectivity index (χ0n) is 7.02. The summed E-state index contributed by atoms with van der Waals surface area (Å²) in [6.45, 7) is 0. The van der Waals surface area contributed by atoms with Crippen molar-refractivity contribution in [3.63, 3.8) is 0 Å². The van der Waals surface area contributed by atoms with Gasteiger partial charge in [0.25, 0.3) is 0 Å². The summed E-state index contributed by atoms with van der Waals surface area (Å²) >= 11 is 5.41. The van der Waals surface area contributed by atoms with E-state index in [0.717, 1.165) is 5.39 Å². The van der Waals surface area contributed by atoms with E-state index < -0.39 is 5.97 Å². The van der Waals surface area contributed by atoms with E-state index >= 15 is 0 Å². The number of thiol groups is 1. The highest BCUT2D eigenvalue weighted by molar-refractivity contribution is 7.80. The van der Waals surface area contributed by atoms with Crippen molar-refractivity contribution in [2.24, 2.45) is 0 Å². The van der Waals surface area contributed by atoms with E-state index in [1.165, 1.54) is 17.4 Å². The minimum Gasteiger partial charge on any atom is -0.478 e. The second-order valence-electron chi connectivity index (χ2n) is 2.87. The molecular weight excluding hydrogens is 218 g/mol. The molecular formula is C9H7NO2S2. The Hall–Kier alpha value is -1.20. The van der Waals surface area contributed by atoms with E-state index in [9.17, 15) is 4.79 Å². The summed E-state index contributed by atoms with van der Waals surface area (Å²) in [6.07, 6.45) is 0. The SMILES string of the molecule is Nc1cc2cc(S)cc(C(=O)O)c2s1. The highest BCUT2D eigenvalue weighted by Crippen LogP contribution is 2.32. The van der Waals surface area contributed by atoms with Crippen LogP contribution in [0.5, 0.6) is 0 Å². The first kappa shape index (κ1) is 9.36. The molecule has 0 atom stereocenters. The van der Waals surface area contributed by atoms with E-state index in [2.05, 4.69) is 12.6 Å². The molecule has 0 saturated heterocycles. The van der Waals surface area contributed by atoms with Gasteiger partial charge in [-0.05, 0) is 23.6 Å². The molecule has 5 heteroatoms. The van der Waals surface area contributed by atoms with Crippen LogP contribution in [0, 0.1) is 0 Å². The van der Waals surface area contributed by atoms with Crippen LogP contribution < -0.4 is 5.73 Å². The predicted molar refractivity (Wildman–Crippen MR) is 60.4 cm³/mol. The molecule has 1 aromatic heterocycles. The van der Waals surface area contributed by atoms with Gasteiger partial charge in [0.05, 0.1) is 15.3 Å². The van der Waals surface area contributed by atoms with Gasteiger partial charge in [-0.25, -0.2) is 4.79 Å². The van der Waals surface area contributed by atoms with Crippen LogP contribution in [0.25, 0.3) is 10.1 Å². The van der Waals surface area contributed by atoms with Gasteiger partial charge in [0, 0.05) is 4.90 Å². The number of fused-ring (bicyclic) bond motifs is 1. The standard InChI is InChI=1S/C9H7NO2S2/c10-7-2-4-1-5(13)3-6(9(11)12)8(4)14-7/h1-3,13H,10H2,(H,11,12). The van der Waals surface area contributed by atoms with Crippen LogP contribution in [0.3, 0.4) is 0 Å². The zero-order valence-corrected chi connectivity index (χ0v) is 8.73. The normalized spacial score (nSPS) is 10.6. The average molecular weight is 225 g/mol. The monoisotopic (exact) mass is 225 g/mol. The Kier molecular flexibility index (Phi) is 2.13. The molecule has 0 amide bonds. The van der Waals surface area contributed by atoms with Crippen molar-refractivity contribution in [1.29, 1.82) is 0 Å². The fourth-order valence-corrected chi connectivity index (χ4v) is 2.50. The number of hydrogen-bond acceptors (Lipinski definition) is 4. The summed E-state index contributed by atoms with van der Waals surface area (Å²) in [6, 6.07) is 5.09. The number of benzene rings is 1. The first-order chi connectivity index (χ1) is 6.58. The summed E-state index contributed by atoms with van der Waals surface area (Å²) in [5.74, 6) is -0.951. The summed E-state index contributed by atoms with van der Waals surface area (Å²) in [7, 11) is 0. The van der Waals surface area contributed by atoms with Crippen molar-refractivity contribution in [1.82, 2.24) is 0 Å². The number of thiophene rings is 1. The van der Waals surface area contributed by atoms with E-state index in [0.29, 0.717) is 14.6 Å². The van der Waals surface area contributed by atoms with Gasteiger partial charge in [0.15, 0.2) is 0 Å². The average Bonchev–Trinajstić information content (AvgIpc) is 2.42. The predicted octanol–water partition coefficient (Wildman–Crippen LogP) is 2.47. The van der Waals surface area contributed by atoms with Gasteiger partial charge in [-0.15, -0.1) is 24.0 Å². The highest BCUT2D eigenvalue weighted by Gasteiger charge is 2.11. The highest BCUT2D eigenvalue weighted by atomic mass is 32.1. The molecule has 2 rings (SSSR count). The second-order valence-corrected chi connectivity index (χ2v) is 4.47. The minimum absolute atomic E-state index is 0.259. The third-order valence-corrected chi connectivity index (χ3v) is 3.12. The van der Waals surface area contributed by atoms with Crippen LogP contribution >= 0.6 is 24.0 Å². The van der Waals surface area contributed by atoms with Crippen LogP contribution in [0.1, 0.15) is 10.4 Å². The zero-order chi connectivity index (χ0) is 10.3. The molecule has 0 radical (unpaired) electrons. The molecule has 0 spiro atoms. The number of carboxylic acids is 1. The molecule has 1 heterocycles. The molecule has 0 aliphatic heterocycles. The molecule has 0 fully saturated rings. The number of aromatic carboxylic acids is 1. The Morgan fingerprint density at radius 3 is 2.79 bits per heavy atom. The maximum atomic E-state index is 10.9. The maximum Gasteiger partial charge on any atom is 0.337 e. The number of carboxylic acid groups (broad SMARTS) is 1. The Morgan fingerprint density at radius 1 is 1.43 bits per heavy atom. The second kappa shape index (κ2) is 3.18. The minimum atomic E-state index is -0.951. The Morgan fingerprint density at radius 2 is 2.14 bits per heavy atom. The molecule has 1 aromatic carbocycles. The van der Waals surface area contributed by atoms with E-state index in [1.54, 1.807) is 12.1 Å². The number of carbonyl (C=O) groups is 1. The summed E-state index contributed by atoms with van der Waals surface area (Å²) in [4.78, 5) is 11.5. The molecule has 0 unspecified atom stereocenters. The number of rotatable bonds is 1. The number of anilines is 1. The third-order valence-electron chi connectivity index (χ3n) is 1.85. The molecule has 14 heavy (non-hydrogen) atoms. The molecule has 72 valence electrons. The number of nitrogen functional groups attached to an aromatic ring is 1. The molecule has 0 bridgehead atoms. The summed E-state index contributed by atoms with van der Waals surface area (Å²) in [5.41, 5.74) is 5.87. The quantitative estimate of drug-likeness (QED) is 0.653. The smallest absolute Gasteiger partial charge is 0.337 e. The van der Waals surface area contributed by atoms with Crippen LogP contribution in [0.2, 0.25) is 0 Å². The van der Waals surface area contributed by atoms with Crippen molar-refractivity contribution in [3.05, 3.63) is 23.8 Å². The Balaban J connectivity index is 2.85. The topological polar surface area (TPSA) is 63.3 Å². The molecule has 0 aliphatic rings. The van der Waals surface area contributed by atoms with Crippen molar-refractivity contribution in [2.75, 3.05) is 5.73 Å². The summed E-state index contributed by atoms with van der Waals surface area (Å²) < 4.78 is 0.702. The van der Waals surface area contributed by atoms with Crippen molar-refractivity contribution in [3.8, 4) is 0 Å². The van der Waals surface area contributed by atoms with E-state index in [4.69, 9.17) is 10.8 Å². The molecule has 3 nitrogen and oxygen atoms in total. The van der Waals surface area contributed by atoms with Gasteiger partial charge >= 0.3 is 5.97 Å². The molecule has 2 aromatic rings. The van der Waals surface area contributed by atoms with Crippen LogP contribution in [-0.2, 0) is 0 Å². The molecule has 0 saturated carbocycles. The lowest BCUT2D eigenvalue weighted by Gasteiger charge is -1.98. The number of nitrogens with two attached hydrogens (primary N) is 1. The molecule has 3 N–H and O–H groups in total. The van der Waals surface area contributed by atoms with Crippen molar-refractivity contribution in [2.45, 2.75) is 4.90 Å². The lowest BCUT2D eigenvalue weighted by atomic mass is 10.2. The van der Waals surface area contributed by atoms with Gasteiger partial charge in [0.2, 0.25) is 0 Å². The van der Waals surface area contributed by atoms with E-state index in [1.807, 2.05) is 0 Å². The van der Waals surface area contributed by atoms with Gasteiger partial charge < -0.3 is 10.8 Å². The lowest BCUT2D eigenvalue weighted by Crippen LogP contribution is -1.95. The lowest BCUT2D eigenvalue weighted by molar-refractivity contribution is 0.0699. The third kappa shape index (κ3) is 1.44. The van der Waals surface area contributed by atoms with E-state index in [-0.39, 0.29) is 5.56 Å². The summed E-state index contributed by atoms with van der Waals surface area (Å²) in [5, 5.41) is 10.4. The fourth-order valence-electron chi connectivity index (χ4n) is 1.32. The van der Waals surface area contributed by atoms with Crippen LogP contribution in [-0.4, -0.2) is 11.1 Å². The number of hydrogen-bond donors (Lipinski definition) is 3. The Bertz CT molecular complexity index is 519. The first-order valence-corrected chi connectivity index (χ1v) is 5.09. The largest absolute Gasteiger partial charge is 0.478 e. The Labute approximate surface area is 89.6 Å². The van der Waals surface area contributed by atoms with Gasteiger partial charge in [0.1, 0.15) is 0 Å². The fraction of sp³-hybridized carbons (Fsp3) is 0. The maximum absolute atomic E-state index is 10.9. The van der Waals surface area contributed by atoms with Gasteiger partial charge in [-0.1, -0.05) is 0 Å². The first-order valence-electron chi connectivity index (χ1n) is 3.83. The molecule has 0 aliphatic carbocycles. The van der Waals surface area contributed by atoms with Crippen molar-refractivity contribution < 1.29 is 9.90 Å².